The van der Waals surface area contributed by atoms with E-state index in [1.165, 1.54) is 0 Å². The average molecular weight is 297 g/mol. The van der Waals surface area contributed by atoms with Crippen LogP contribution < -0.4 is 0 Å². The number of hydrogen-bond acceptors (Lipinski definition) is 3. The number of rotatable bonds is 3. The van der Waals surface area contributed by atoms with Crippen LogP contribution >= 0.6 is 0 Å². The fraction of sp³-hybridized carbons (Fsp3) is 0.867. The van der Waals surface area contributed by atoms with Crippen molar-refractivity contribution in [2.45, 2.75) is 38.6 Å². The Morgan fingerprint density at radius 2 is 2.00 bits per heavy atom. The first-order chi connectivity index (χ1) is 9.89. The second kappa shape index (κ2) is 6.22. The van der Waals surface area contributed by atoms with Gasteiger partial charge in [0.05, 0.1) is 5.41 Å². The summed E-state index contributed by atoms with van der Waals surface area (Å²) in [6, 6.07) is 0.423. The molecule has 0 aliphatic carbocycles. The number of piperidine rings is 1. The van der Waals surface area contributed by atoms with Gasteiger partial charge in [-0.15, -0.1) is 0 Å². The first kappa shape index (κ1) is 16.1. The lowest BCUT2D eigenvalue weighted by Crippen LogP contribution is -2.53. The number of carboxylic acid groups (broad SMARTS) is 1. The van der Waals surface area contributed by atoms with E-state index < -0.39 is 11.4 Å². The number of hydrogen-bond donors (Lipinski definition) is 1. The number of urea groups is 1. The van der Waals surface area contributed by atoms with Crippen molar-refractivity contribution >= 4 is 12.0 Å². The SMILES string of the molecule is CCC1(C(=O)O)CCCN(C(=O)N2CCC(N(C)C)C2)C1. The molecule has 0 bridgehead atoms. The van der Waals surface area contributed by atoms with Crippen LogP contribution in [0.2, 0.25) is 0 Å². The number of amides is 2. The van der Waals surface area contributed by atoms with E-state index in [1.807, 2.05) is 25.9 Å². The number of aliphatic carboxylic acids is 1. The molecular formula is C15H27N3O3. The lowest BCUT2D eigenvalue weighted by atomic mass is 9.78. The summed E-state index contributed by atoms with van der Waals surface area (Å²) in [7, 11) is 4.07. The van der Waals surface area contributed by atoms with E-state index >= 15 is 0 Å². The van der Waals surface area contributed by atoms with Gasteiger partial charge in [-0.25, -0.2) is 4.79 Å². The van der Waals surface area contributed by atoms with Crippen LogP contribution in [0.3, 0.4) is 0 Å². The highest BCUT2D eigenvalue weighted by molar-refractivity contribution is 5.79. The molecule has 2 amide bonds. The highest BCUT2D eigenvalue weighted by atomic mass is 16.4. The Hall–Kier alpha value is -1.30. The van der Waals surface area contributed by atoms with Crippen LogP contribution in [0.1, 0.15) is 32.6 Å². The Labute approximate surface area is 126 Å². The molecule has 2 heterocycles. The van der Waals surface area contributed by atoms with Crippen LogP contribution in [-0.4, -0.2) is 78.1 Å². The quantitative estimate of drug-likeness (QED) is 0.853. The zero-order valence-electron chi connectivity index (χ0n) is 13.3. The van der Waals surface area contributed by atoms with Crippen LogP contribution in [0.5, 0.6) is 0 Å². The van der Waals surface area contributed by atoms with E-state index in [0.29, 0.717) is 32.0 Å². The van der Waals surface area contributed by atoms with Crippen LogP contribution in [0.15, 0.2) is 0 Å². The van der Waals surface area contributed by atoms with Gasteiger partial charge in [-0.2, -0.15) is 0 Å². The normalized spacial score (nSPS) is 30.0. The first-order valence-corrected chi connectivity index (χ1v) is 7.83. The monoisotopic (exact) mass is 297 g/mol. The molecule has 120 valence electrons. The highest BCUT2D eigenvalue weighted by Crippen LogP contribution is 2.34. The molecule has 2 saturated heterocycles. The second-order valence-corrected chi connectivity index (χ2v) is 6.60. The van der Waals surface area contributed by atoms with Crippen LogP contribution in [0, 0.1) is 5.41 Å². The summed E-state index contributed by atoms with van der Waals surface area (Å²) < 4.78 is 0. The number of likely N-dealkylation sites (tertiary alicyclic amines) is 2. The third kappa shape index (κ3) is 3.15. The van der Waals surface area contributed by atoms with Crippen molar-refractivity contribution in [2.75, 3.05) is 40.3 Å². The van der Waals surface area contributed by atoms with Gasteiger partial charge in [0, 0.05) is 32.2 Å². The third-order valence-corrected chi connectivity index (χ3v) is 5.14. The van der Waals surface area contributed by atoms with Crippen molar-refractivity contribution in [3.05, 3.63) is 0 Å². The molecular weight excluding hydrogens is 270 g/mol. The molecule has 2 unspecified atom stereocenters. The molecule has 0 radical (unpaired) electrons. The molecule has 2 atom stereocenters. The lowest BCUT2D eigenvalue weighted by Gasteiger charge is -2.40. The molecule has 6 heteroatoms. The van der Waals surface area contributed by atoms with Gasteiger partial charge in [0.1, 0.15) is 0 Å². The van der Waals surface area contributed by atoms with E-state index in [2.05, 4.69) is 4.90 Å². The van der Waals surface area contributed by atoms with Crippen molar-refractivity contribution in [3.8, 4) is 0 Å². The zero-order chi connectivity index (χ0) is 15.6. The molecule has 1 N–H and O–H groups in total. The van der Waals surface area contributed by atoms with Crippen molar-refractivity contribution in [1.82, 2.24) is 14.7 Å². The molecule has 2 fully saturated rings. The van der Waals surface area contributed by atoms with Crippen molar-refractivity contribution < 1.29 is 14.7 Å². The topological polar surface area (TPSA) is 64.1 Å². The molecule has 21 heavy (non-hydrogen) atoms. The minimum Gasteiger partial charge on any atom is -0.481 e. The van der Waals surface area contributed by atoms with Gasteiger partial charge in [-0.1, -0.05) is 6.92 Å². The molecule has 2 aliphatic heterocycles. The largest absolute Gasteiger partial charge is 0.481 e. The van der Waals surface area contributed by atoms with Gasteiger partial charge in [0.15, 0.2) is 0 Å². The van der Waals surface area contributed by atoms with E-state index in [-0.39, 0.29) is 6.03 Å². The lowest BCUT2D eigenvalue weighted by molar-refractivity contribution is -0.152. The maximum Gasteiger partial charge on any atom is 0.320 e. The Balaban J connectivity index is 2.01. The highest BCUT2D eigenvalue weighted by Gasteiger charge is 2.43. The van der Waals surface area contributed by atoms with E-state index in [9.17, 15) is 14.7 Å². The first-order valence-electron chi connectivity index (χ1n) is 7.83. The summed E-state index contributed by atoms with van der Waals surface area (Å²) in [5.74, 6) is -0.768. The summed E-state index contributed by atoms with van der Waals surface area (Å²) in [5, 5.41) is 9.51. The van der Waals surface area contributed by atoms with Gasteiger partial charge < -0.3 is 19.8 Å². The Kier molecular flexibility index (Phi) is 4.76. The minimum absolute atomic E-state index is 0.0122. The fourth-order valence-corrected chi connectivity index (χ4v) is 3.45. The van der Waals surface area contributed by atoms with Gasteiger partial charge in [-0.05, 0) is 39.8 Å². The van der Waals surface area contributed by atoms with Gasteiger partial charge in [0.25, 0.3) is 0 Å². The third-order valence-electron chi connectivity index (χ3n) is 5.14. The number of carboxylic acids is 1. The van der Waals surface area contributed by atoms with Gasteiger partial charge in [-0.3, -0.25) is 4.79 Å². The predicted molar refractivity (Wildman–Crippen MR) is 80.2 cm³/mol. The molecule has 2 aliphatic rings. The van der Waals surface area contributed by atoms with Gasteiger partial charge in [0.2, 0.25) is 0 Å². The predicted octanol–water partition coefficient (Wildman–Crippen LogP) is 1.32. The molecule has 0 aromatic carbocycles. The maximum absolute atomic E-state index is 12.6. The summed E-state index contributed by atoms with van der Waals surface area (Å²) in [4.78, 5) is 30.0. The molecule has 0 saturated carbocycles. The van der Waals surface area contributed by atoms with E-state index in [0.717, 1.165) is 25.9 Å². The molecule has 0 aromatic heterocycles. The summed E-state index contributed by atoms with van der Waals surface area (Å²) in [6.45, 7) is 4.44. The minimum atomic E-state index is -0.768. The summed E-state index contributed by atoms with van der Waals surface area (Å²) >= 11 is 0. The molecule has 6 nitrogen and oxygen atoms in total. The molecule has 2 rings (SSSR count). The van der Waals surface area contributed by atoms with Crippen molar-refractivity contribution in [2.24, 2.45) is 5.41 Å². The van der Waals surface area contributed by atoms with E-state index in [4.69, 9.17) is 0 Å². The fourth-order valence-electron chi connectivity index (χ4n) is 3.45. The molecule has 0 aromatic rings. The number of nitrogens with zero attached hydrogens (tertiary/aromatic N) is 3. The molecule has 0 spiro atoms. The Morgan fingerprint density at radius 1 is 1.29 bits per heavy atom. The summed E-state index contributed by atoms with van der Waals surface area (Å²) in [5.41, 5.74) is -0.755. The smallest absolute Gasteiger partial charge is 0.320 e. The van der Waals surface area contributed by atoms with Crippen LogP contribution in [0.25, 0.3) is 0 Å². The van der Waals surface area contributed by atoms with Crippen molar-refractivity contribution in [1.29, 1.82) is 0 Å². The maximum atomic E-state index is 12.6. The van der Waals surface area contributed by atoms with Crippen LogP contribution in [0.4, 0.5) is 4.79 Å². The Bertz CT molecular complexity index is 413. The summed E-state index contributed by atoms with van der Waals surface area (Å²) in [6.07, 6.45) is 3.01. The standard InChI is InChI=1S/C15H27N3O3/c1-4-15(13(19)20)7-5-8-18(11-15)14(21)17-9-6-12(10-17)16(2)3/h12H,4-11H2,1-3H3,(H,19,20). The number of likely N-dealkylation sites (N-methyl/N-ethyl adjacent to an activating group) is 1. The van der Waals surface area contributed by atoms with Crippen molar-refractivity contribution in [3.63, 3.8) is 0 Å². The number of carbonyl (C=O) groups is 2. The average Bonchev–Trinajstić information content (AvgIpc) is 2.96. The number of carbonyl (C=O) groups excluding carboxylic acids is 1. The second-order valence-electron chi connectivity index (χ2n) is 6.60. The van der Waals surface area contributed by atoms with E-state index in [1.54, 1.807) is 4.90 Å². The van der Waals surface area contributed by atoms with Gasteiger partial charge >= 0.3 is 12.0 Å². The Morgan fingerprint density at radius 3 is 2.52 bits per heavy atom. The zero-order valence-corrected chi connectivity index (χ0v) is 13.3. The van der Waals surface area contributed by atoms with Crippen LogP contribution in [-0.2, 0) is 4.79 Å².